The lowest BCUT2D eigenvalue weighted by Gasteiger charge is -1.96. The van der Waals surface area contributed by atoms with E-state index in [4.69, 9.17) is 10.8 Å². The Balaban J connectivity index is 2.55. The van der Waals surface area contributed by atoms with Gasteiger partial charge < -0.3 is 10.8 Å². The topological polar surface area (TPSA) is 76.4 Å². The molecular weight excluding hydrogens is 168 g/mol. The molecule has 0 atom stereocenters. The molecular formula is C8H10N4O. The first-order chi connectivity index (χ1) is 6.31. The Hall–Kier alpha value is -1.62. The van der Waals surface area contributed by atoms with Gasteiger partial charge in [0.25, 0.3) is 0 Å². The highest BCUT2D eigenvalue weighted by atomic mass is 16.2. The molecule has 0 aromatic carbocycles. The van der Waals surface area contributed by atoms with Gasteiger partial charge in [-0.05, 0) is 0 Å². The van der Waals surface area contributed by atoms with Crippen molar-refractivity contribution in [1.29, 1.82) is 0 Å². The summed E-state index contributed by atoms with van der Waals surface area (Å²) in [6, 6.07) is 0. The summed E-state index contributed by atoms with van der Waals surface area (Å²) in [6.45, 7) is 0.105. The zero-order valence-corrected chi connectivity index (χ0v) is 7.01. The van der Waals surface area contributed by atoms with Crippen molar-refractivity contribution in [3.63, 3.8) is 0 Å². The average Bonchev–Trinajstić information content (AvgIpc) is 2.49. The van der Waals surface area contributed by atoms with Crippen LogP contribution in [0.1, 0.15) is 5.56 Å². The molecule has 2 aromatic rings. The molecule has 2 heterocycles. The molecule has 2 aromatic heterocycles. The SMILES string of the molecule is Nc1cnc2c(CCO)cnn2c1. The lowest BCUT2D eigenvalue weighted by atomic mass is 10.2. The maximum atomic E-state index is 8.76. The predicted octanol–water partition coefficient (Wildman–Crippen LogP) is -0.154. The number of rotatable bonds is 2. The number of nitrogen functional groups attached to an aromatic ring is 1. The number of fused-ring (bicyclic) bond motifs is 1. The van der Waals surface area contributed by atoms with E-state index in [9.17, 15) is 0 Å². The van der Waals surface area contributed by atoms with Gasteiger partial charge in [0.15, 0.2) is 5.65 Å². The van der Waals surface area contributed by atoms with Crippen LogP contribution in [0.3, 0.4) is 0 Å². The Morgan fingerprint density at radius 3 is 3.08 bits per heavy atom. The van der Waals surface area contributed by atoms with Crippen molar-refractivity contribution >= 4 is 11.3 Å². The molecule has 0 saturated heterocycles. The van der Waals surface area contributed by atoms with Crippen molar-refractivity contribution in [2.24, 2.45) is 0 Å². The monoisotopic (exact) mass is 178 g/mol. The Morgan fingerprint density at radius 1 is 1.46 bits per heavy atom. The van der Waals surface area contributed by atoms with Crippen LogP contribution in [-0.2, 0) is 6.42 Å². The number of aromatic nitrogens is 3. The third-order valence-electron chi connectivity index (χ3n) is 1.83. The van der Waals surface area contributed by atoms with Gasteiger partial charge in [-0.2, -0.15) is 5.10 Å². The molecule has 68 valence electrons. The quantitative estimate of drug-likeness (QED) is 0.670. The number of anilines is 1. The molecule has 0 bridgehead atoms. The van der Waals surface area contributed by atoms with E-state index in [0.29, 0.717) is 12.1 Å². The molecule has 0 fully saturated rings. The van der Waals surface area contributed by atoms with Crippen LogP contribution in [0.2, 0.25) is 0 Å². The fourth-order valence-corrected chi connectivity index (χ4v) is 1.24. The lowest BCUT2D eigenvalue weighted by Crippen LogP contribution is -1.96. The number of nitrogens with two attached hydrogens (primary N) is 1. The molecule has 0 radical (unpaired) electrons. The number of hydrogen-bond donors (Lipinski definition) is 2. The molecule has 0 unspecified atom stereocenters. The van der Waals surface area contributed by atoms with Crippen molar-refractivity contribution < 1.29 is 5.11 Å². The second-order valence-corrected chi connectivity index (χ2v) is 2.80. The maximum Gasteiger partial charge on any atom is 0.158 e. The van der Waals surface area contributed by atoms with Gasteiger partial charge in [0.2, 0.25) is 0 Å². The Labute approximate surface area is 74.8 Å². The van der Waals surface area contributed by atoms with Crippen LogP contribution < -0.4 is 5.73 Å². The predicted molar refractivity (Wildman–Crippen MR) is 48.2 cm³/mol. The largest absolute Gasteiger partial charge is 0.396 e. The van der Waals surface area contributed by atoms with E-state index >= 15 is 0 Å². The summed E-state index contributed by atoms with van der Waals surface area (Å²) < 4.78 is 1.61. The van der Waals surface area contributed by atoms with Gasteiger partial charge in [0.05, 0.1) is 24.3 Å². The molecule has 2 rings (SSSR count). The van der Waals surface area contributed by atoms with Crippen molar-refractivity contribution in [3.05, 3.63) is 24.2 Å². The van der Waals surface area contributed by atoms with Crippen LogP contribution in [0.5, 0.6) is 0 Å². The summed E-state index contributed by atoms with van der Waals surface area (Å²) in [6.07, 6.45) is 5.54. The minimum absolute atomic E-state index is 0.105. The highest BCUT2D eigenvalue weighted by molar-refractivity contribution is 5.49. The molecule has 3 N–H and O–H groups in total. The number of hydrogen-bond acceptors (Lipinski definition) is 4. The van der Waals surface area contributed by atoms with Crippen LogP contribution in [0.4, 0.5) is 5.69 Å². The van der Waals surface area contributed by atoms with Gasteiger partial charge in [-0.3, -0.25) is 0 Å². The van der Waals surface area contributed by atoms with Gasteiger partial charge in [0, 0.05) is 18.6 Å². The van der Waals surface area contributed by atoms with Crippen molar-refractivity contribution in [2.45, 2.75) is 6.42 Å². The van der Waals surface area contributed by atoms with Crippen molar-refractivity contribution in [2.75, 3.05) is 12.3 Å². The first-order valence-electron chi connectivity index (χ1n) is 4.00. The van der Waals surface area contributed by atoms with Crippen molar-refractivity contribution in [3.8, 4) is 0 Å². The Kier molecular flexibility index (Phi) is 1.86. The minimum Gasteiger partial charge on any atom is -0.396 e. The summed E-state index contributed by atoms with van der Waals surface area (Å²) in [5.74, 6) is 0. The second-order valence-electron chi connectivity index (χ2n) is 2.80. The fraction of sp³-hybridized carbons (Fsp3) is 0.250. The first-order valence-corrected chi connectivity index (χ1v) is 4.00. The normalized spacial score (nSPS) is 10.8. The van der Waals surface area contributed by atoms with Gasteiger partial charge in [-0.15, -0.1) is 0 Å². The lowest BCUT2D eigenvalue weighted by molar-refractivity contribution is 0.300. The van der Waals surface area contributed by atoms with Crippen molar-refractivity contribution in [1.82, 2.24) is 14.6 Å². The molecule has 0 amide bonds. The summed E-state index contributed by atoms with van der Waals surface area (Å²) in [5, 5.41) is 12.8. The zero-order chi connectivity index (χ0) is 9.26. The molecule has 0 aliphatic heterocycles. The molecule has 0 saturated carbocycles. The number of aliphatic hydroxyl groups is 1. The highest BCUT2D eigenvalue weighted by Gasteiger charge is 2.03. The number of aliphatic hydroxyl groups excluding tert-OH is 1. The van der Waals surface area contributed by atoms with E-state index in [1.54, 1.807) is 23.1 Å². The van der Waals surface area contributed by atoms with E-state index in [2.05, 4.69) is 10.1 Å². The third kappa shape index (κ3) is 1.33. The van der Waals surface area contributed by atoms with E-state index in [1.807, 2.05) is 0 Å². The standard InChI is InChI=1S/C8H10N4O/c9-7-4-10-8-6(1-2-13)3-11-12(8)5-7/h3-5,13H,1-2,9H2. The van der Waals surface area contributed by atoms with Gasteiger partial charge >= 0.3 is 0 Å². The van der Waals surface area contributed by atoms with Crippen LogP contribution in [0.15, 0.2) is 18.6 Å². The second kappa shape index (κ2) is 3.02. The maximum absolute atomic E-state index is 8.76. The fourth-order valence-electron chi connectivity index (χ4n) is 1.24. The van der Waals surface area contributed by atoms with Crippen LogP contribution in [0.25, 0.3) is 5.65 Å². The van der Waals surface area contributed by atoms with Crippen LogP contribution >= 0.6 is 0 Å². The summed E-state index contributed by atoms with van der Waals surface area (Å²) >= 11 is 0. The van der Waals surface area contributed by atoms with E-state index in [1.165, 1.54) is 0 Å². The third-order valence-corrected chi connectivity index (χ3v) is 1.83. The van der Waals surface area contributed by atoms with E-state index in [0.717, 1.165) is 11.2 Å². The van der Waals surface area contributed by atoms with Crippen LogP contribution in [0, 0.1) is 0 Å². The average molecular weight is 178 g/mol. The summed E-state index contributed by atoms with van der Waals surface area (Å²) in [5.41, 5.74) is 7.80. The molecule has 5 heteroatoms. The van der Waals surface area contributed by atoms with Gasteiger partial charge in [-0.1, -0.05) is 0 Å². The molecule has 13 heavy (non-hydrogen) atoms. The molecule has 0 aliphatic carbocycles. The smallest absolute Gasteiger partial charge is 0.158 e. The highest BCUT2D eigenvalue weighted by Crippen LogP contribution is 2.09. The summed E-state index contributed by atoms with van der Waals surface area (Å²) in [7, 11) is 0. The zero-order valence-electron chi connectivity index (χ0n) is 7.01. The molecule has 5 nitrogen and oxygen atoms in total. The molecule has 0 aliphatic rings. The van der Waals surface area contributed by atoms with E-state index < -0.39 is 0 Å². The Bertz CT molecular complexity index is 423. The van der Waals surface area contributed by atoms with Gasteiger partial charge in [-0.25, -0.2) is 9.50 Å². The summed E-state index contributed by atoms with van der Waals surface area (Å²) in [4.78, 5) is 4.12. The Morgan fingerprint density at radius 2 is 2.31 bits per heavy atom. The first kappa shape index (κ1) is 8.00. The van der Waals surface area contributed by atoms with Gasteiger partial charge in [0.1, 0.15) is 0 Å². The number of nitrogens with zero attached hydrogens (tertiary/aromatic N) is 3. The minimum atomic E-state index is 0.105. The van der Waals surface area contributed by atoms with E-state index in [-0.39, 0.29) is 6.61 Å². The van der Waals surface area contributed by atoms with Crippen LogP contribution in [-0.4, -0.2) is 26.3 Å². The molecule has 0 spiro atoms.